The molecule has 114 valence electrons. The molecule has 0 spiro atoms. The summed E-state index contributed by atoms with van der Waals surface area (Å²) in [5.74, 6) is 1.69. The number of rotatable bonds is 10. The molecule has 1 saturated carbocycles. The van der Waals surface area contributed by atoms with Gasteiger partial charge in [-0.25, -0.2) is 0 Å². The van der Waals surface area contributed by atoms with E-state index in [2.05, 4.69) is 26.1 Å². The maximum atomic E-state index is 12.7. The Hall–Kier alpha value is 0.110. The molecule has 0 heterocycles. The fourth-order valence-electron chi connectivity index (χ4n) is 3.25. The molecule has 2 nitrogen and oxygen atoms in total. The third kappa shape index (κ3) is 5.95. The minimum Gasteiger partial charge on any atom is -0.313 e. The lowest BCUT2D eigenvalue weighted by molar-refractivity contribution is 0.446. The standard InChI is InChI=1S/C16H33NOS/c1-4-9-15(17-12-5-2)16(6-3)19(18)13-14-10-7-8-11-14/h14-17H,4-13H2,1-3H3. The largest absolute Gasteiger partial charge is 0.313 e. The van der Waals surface area contributed by atoms with Crippen molar-refractivity contribution in [3.8, 4) is 0 Å². The molecule has 0 aliphatic heterocycles. The quantitative estimate of drug-likeness (QED) is 0.661. The Labute approximate surface area is 122 Å². The van der Waals surface area contributed by atoms with Crippen LogP contribution in [0.4, 0.5) is 0 Å². The number of nitrogens with one attached hydrogen (secondary N) is 1. The van der Waals surface area contributed by atoms with E-state index in [9.17, 15) is 4.21 Å². The van der Waals surface area contributed by atoms with Crippen molar-refractivity contribution in [3.05, 3.63) is 0 Å². The second-order valence-corrected chi connectivity index (χ2v) is 7.69. The van der Waals surface area contributed by atoms with Crippen LogP contribution in [0.3, 0.4) is 0 Å². The van der Waals surface area contributed by atoms with Gasteiger partial charge in [-0.05, 0) is 44.6 Å². The number of hydrogen-bond donors (Lipinski definition) is 1. The summed E-state index contributed by atoms with van der Waals surface area (Å²) in [7, 11) is -0.645. The van der Waals surface area contributed by atoms with Crippen LogP contribution in [0.5, 0.6) is 0 Å². The molecule has 19 heavy (non-hydrogen) atoms. The van der Waals surface area contributed by atoms with E-state index in [-0.39, 0.29) is 0 Å². The lowest BCUT2D eigenvalue weighted by Gasteiger charge is -2.27. The molecule has 0 radical (unpaired) electrons. The van der Waals surface area contributed by atoms with Gasteiger partial charge in [0.05, 0.1) is 0 Å². The van der Waals surface area contributed by atoms with Crippen LogP contribution in [0.1, 0.15) is 72.1 Å². The Bertz CT molecular complexity index is 251. The van der Waals surface area contributed by atoms with E-state index in [1.807, 2.05) is 0 Å². The van der Waals surface area contributed by atoms with Crippen LogP contribution in [0.25, 0.3) is 0 Å². The maximum Gasteiger partial charge on any atom is 0.0498 e. The third-order valence-electron chi connectivity index (χ3n) is 4.32. The topological polar surface area (TPSA) is 29.1 Å². The molecule has 0 amide bonds. The first-order chi connectivity index (χ1) is 9.22. The van der Waals surface area contributed by atoms with Crippen LogP contribution in [0, 0.1) is 5.92 Å². The minimum atomic E-state index is -0.645. The molecule has 1 rings (SSSR count). The van der Waals surface area contributed by atoms with Crippen LogP contribution < -0.4 is 5.32 Å². The monoisotopic (exact) mass is 287 g/mol. The highest BCUT2D eigenvalue weighted by Gasteiger charge is 2.27. The van der Waals surface area contributed by atoms with Crippen LogP contribution in [-0.4, -0.2) is 27.8 Å². The predicted molar refractivity (Wildman–Crippen MR) is 86.0 cm³/mol. The van der Waals surface area contributed by atoms with Crippen LogP contribution in [0.15, 0.2) is 0 Å². The van der Waals surface area contributed by atoms with Crippen molar-refractivity contribution in [2.75, 3.05) is 12.3 Å². The molecule has 1 aliphatic carbocycles. The summed E-state index contributed by atoms with van der Waals surface area (Å²) >= 11 is 0. The lowest BCUT2D eigenvalue weighted by atomic mass is 10.1. The lowest BCUT2D eigenvalue weighted by Crippen LogP contribution is -2.43. The van der Waals surface area contributed by atoms with Crippen LogP contribution in [0.2, 0.25) is 0 Å². The van der Waals surface area contributed by atoms with Gasteiger partial charge in [-0.2, -0.15) is 0 Å². The van der Waals surface area contributed by atoms with Crippen molar-refractivity contribution < 1.29 is 4.21 Å². The van der Waals surface area contributed by atoms with E-state index in [0.717, 1.165) is 37.5 Å². The fraction of sp³-hybridized carbons (Fsp3) is 1.00. The van der Waals surface area contributed by atoms with Crippen molar-refractivity contribution in [3.63, 3.8) is 0 Å². The van der Waals surface area contributed by atoms with Crippen LogP contribution in [-0.2, 0) is 10.8 Å². The van der Waals surface area contributed by atoms with Gasteiger partial charge in [0.1, 0.15) is 0 Å². The van der Waals surface area contributed by atoms with Gasteiger partial charge in [-0.15, -0.1) is 0 Å². The van der Waals surface area contributed by atoms with Gasteiger partial charge in [-0.1, -0.05) is 40.0 Å². The average molecular weight is 288 g/mol. The molecule has 0 bridgehead atoms. The van der Waals surface area contributed by atoms with Gasteiger partial charge in [0.15, 0.2) is 0 Å². The molecule has 0 aromatic heterocycles. The molecule has 3 heteroatoms. The highest BCUT2D eigenvalue weighted by Crippen LogP contribution is 2.27. The van der Waals surface area contributed by atoms with Crippen molar-refractivity contribution in [2.24, 2.45) is 5.92 Å². The minimum absolute atomic E-state index is 0.354. The molecular weight excluding hydrogens is 254 g/mol. The molecule has 0 aromatic rings. The zero-order valence-corrected chi connectivity index (χ0v) is 13.9. The predicted octanol–water partition coefficient (Wildman–Crippen LogP) is 3.87. The van der Waals surface area contributed by atoms with E-state index < -0.39 is 10.8 Å². The van der Waals surface area contributed by atoms with Crippen LogP contribution >= 0.6 is 0 Å². The Morgan fingerprint density at radius 1 is 1.16 bits per heavy atom. The summed E-state index contributed by atoms with van der Waals surface area (Å²) < 4.78 is 12.7. The zero-order valence-electron chi connectivity index (χ0n) is 13.1. The van der Waals surface area contributed by atoms with Gasteiger partial charge in [-0.3, -0.25) is 4.21 Å². The van der Waals surface area contributed by atoms with Gasteiger partial charge in [0.2, 0.25) is 0 Å². The van der Waals surface area contributed by atoms with Crippen molar-refractivity contribution in [1.82, 2.24) is 5.32 Å². The highest BCUT2D eigenvalue weighted by atomic mass is 32.2. The first-order valence-corrected chi connectivity index (χ1v) is 9.71. The second kappa shape index (κ2) is 9.93. The van der Waals surface area contributed by atoms with E-state index in [1.165, 1.54) is 32.1 Å². The summed E-state index contributed by atoms with van der Waals surface area (Å²) in [6, 6.07) is 0.456. The maximum absolute atomic E-state index is 12.7. The molecule has 1 fully saturated rings. The highest BCUT2D eigenvalue weighted by molar-refractivity contribution is 7.85. The van der Waals surface area contributed by atoms with Crippen molar-refractivity contribution in [2.45, 2.75) is 83.4 Å². The summed E-state index contributed by atoms with van der Waals surface area (Å²) in [6.45, 7) is 7.69. The Morgan fingerprint density at radius 2 is 1.84 bits per heavy atom. The molecule has 3 atom stereocenters. The summed E-state index contributed by atoms with van der Waals surface area (Å²) in [5, 5.41) is 3.99. The Balaban J connectivity index is 2.52. The normalized spacial score (nSPS) is 21.4. The van der Waals surface area contributed by atoms with Gasteiger partial charge < -0.3 is 5.32 Å². The van der Waals surface area contributed by atoms with Gasteiger partial charge >= 0.3 is 0 Å². The third-order valence-corrected chi connectivity index (χ3v) is 6.46. The smallest absolute Gasteiger partial charge is 0.0498 e. The Morgan fingerprint density at radius 3 is 2.37 bits per heavy atom. The molecule has 3 unspecified atom stereocenters. The average Bonchev–Trinajstić information content (AvgIpc) is 2.89. The summed E-state index contributed by atoms with van der Waals surface area (Å²) in [6.07, 6.45) is 9.86. The zero-order chi connectivity index (χ0) is 14.1. The van der Waals surface area contributed by atoms with Gasteiger partial charge in [0.25, 0.3) is 0 Å². The molecule has 0 saturated heterocycles. The first-order valence-electron chi connectivity index (χ1n) is 8.33. The number of hydrogen-bond acceptors (Lipinski definition) is 2. The van der Waals surface area contributed by atoms with E-state index in [4.69, 9.17) is 0 Å². The Kier molecular flexibility index (Phi) is 8.97. The molecular formula is C16H33NOS. The van der Waals surface area contributed by atoms with Crippen molar-refractivity contribution in [1.29, 1.82) is 0 Å². The molecule has 0 aromatic carbocycles. The second-order valence-electron chi connectivity index (χ2n) is 5.99. The fourth-order valence-corrected chi connectivity index (χ4v) is 5.26. The van der Waals surface area contributed by atoms with E-state index >= 15 is 0 Å². The van der Waals surface area contributed by atoms with Crippen molar-refractivity contribution >= 4 is 10.8 Å². The van der Waals surface area contributed by atoms with E-state index in [1.54, 1.807) is 0 Å². The summed E-state index contributed by atoms with van der Waals surface area (Å²) in [5.41, 5.74) is 0. The first kappa shape index (κ1) is 17.2. The SMILES string of the molecule is CCCNC(CCC)C(CC)S(=O)CC1CCCC1. The summed E-state index contributed by atoms with van der Waals surface area (Å²) in [4.78, 5) is 0. The van der Waals surface area contributed by atoms with E-state index in [0.29, 0.717) is 11.3 Å². The van der Waals surface area contributed by atoms with Gasteiger partial charge in [0, 0.05) is 27.8 Å². The molecule has 1 N–H and O–H groups in total. The molecule has 1 aliphatic rings.